The predicted molar refractivity (Wildman–Crippen MR) is 96.3 cm³/mol. The third-order valence-corrected chi connectivity index (χ3v) is 5.94. The molecule has 1 N–H and O–H groups in total. The lowest BCUT2D eigenvalue weighted by atomic mass is 10.1. The smallest absolute Gasteiger partial charge is 0.0888 e. The first-order valence-electron chi connectivity index (χ1n) is 6.05. The Morgan fingerprint density at radius 3 is 2.79 bits per heavy atom. The fraction of sp³-hybridized carbons (Fsp3) is 0.286. The third-order valence-electron chi connectivity index (χ3n) is 2.73. The molecule has 0 spiro atoms. The summed E-state index contributed by atoms with van der Waals surface area (Å²) < 4.78 is 2.25. The highest BCUT2D eigenvalue weighted by molar-refractivity contribution is 14.1. The average molecular weight is 471 g/mol. The number of benzene rings is 1. The molecule has 0 radical (unpaired) electrons. The first-order chi connectivity index (χ1) is 9.11. The van der Waals surface area contributed by atoms with Crippen LogP contribution < -0.4 is 5.32 Å². The Morgan fingerprint density at radius 2 is 2.21 bits per heavy atom. The summed E-state index contributed by atoms with van der Waals surface area (Å²) in [5, 5.41) is 4.38. The Kier molecular flexibility index (Phi) is 6.14. The molecule has 0 aliphatic heterocycles. The maximum atomic E-state index is 6.16. The number of thiophene rings is 1. The number of halogens is 3. The lowest BCUT2D eigenvalue weighted by Crippen LogP contribution is -2.22. The van der Waals surface area contributed by atoms with Crippen molar-refractivity contribution in [1.82, 2.24) is 5.32 Å². The van der Waals surface area contributed by atoms with Crippen LogP contribution in [0, 0.1) is 3.57 Å². The van der Waals surface area contributed by atoms with Gasteiger partial charge in [0.05, 0.1) is 14.9 Å². The van der Waals surface area contributed by atoms with E-state index in [1.807, 2.05) is 6.07 Å². The lowest BCUT2D eigenvalue weighted by Gasteiger charge is -2.18. The topological polar surface area (TPSA) is 12.0 Å². The highest BCUT2D eigenvalue weighted by Gasteiger charge is 2.17. The van der Waals surface area contributed by atoms with Gasteiger partial charge < -0.3 is 5.32 Å². The van der Waals surface area contributed by atoms with Gasteiger partial charge in [-0.05, 0) is 75.2 Å². The molecule has 0 amide bonds. The Morgan fingerprint density at radius 1 is 1.42 bits per heavy atom. The Balaban J connectivity index is 2.35. The van der Waals surface area contributed by atoms with Gasteiger partial charge in [0.15, 0.2) is 0 Å². The summed E-state index contributed by atoms with van der Waals surface area (Å²) in [6.07, 6.45) is 1.11. The first kappa shape index (κ1) is 15.8. The van der Waals surface area contributed by atoms with E-state index in [9.17, 15) is 0 Å². The zero-order valence-electron chi connectivity index (χ0n) is 10.4. The molecule has 0 aliphatic rings. The monoisotopic (exact) mass is 469 g/mol. The van der Waals surface area contributed by atoms with Gasteiger partial charge in [-0.3, -0.25) is 0 Å². The largest absolute Gasteiger partial charge is 0.306 e. The Bertz CT molecular complexity index is 539. The summed E-state index contributed by atoms with van der Waals surface area (Å²) >= 11 is 13.7. The second kappa shape index (κ2) is 7.41. The van der Waals surface area contributed by atoms with Crippen molar-refractivity contribution in [3.8, 4) is 0 Å². The molecule has 1 unspecified atom stereocenters. The maximum absolute atomic E-state index is 6.16. The normalized spacial score (nSPS) is 12.6. The van der Waals surface area contributed by atoms with Gasteiger partial charge >= 0.3 is 0 Å². The summed E-state index contributed by atoms with van der Waals surface area (Å²) in [4.78, 5) is 1.24. The molecule has 0 aliphatic carbocycles. The van der Waals surface area contributed by atoms with Gasteiger partial charge in [-0.2, -0.15) is 0 Å². The average Bonchev–Trinajstić information content (AvgIpc) is 2.70. The fourth-order valence-electron chi connectivity index (χ4n) is 1.86. The molecule has 2 rings (SSSR count). The van der Waals surface area contributed by atoms with Crippen LogP contribution in [0.15, 0.2) is 34.1 Å². The predicted octanol–water partition coefficient (Wildman–Crippen LogP) is 5.86. The molecule has 0 bridgehead atoms. The van der Waals surface area contributed by atoms with E-state index in [-0.39, 0.29) is 6.04 Å². The van der Waals surface area contributed by atoms with Gasteiger partial charge in [-0.25, -0.2) is 0 Å². The minimum absolute atomic E-state index is 0.212. The summed E-state index contributed by atoms with van der Waals surface area (Å²) in [5.41, 5.74) is 1.28. The van der Waals surface area contributed by atoms with Gasteiger partial charge in [0.2, 0.25) is 0 Å². The quantitative estimate of drug-likeness (QED) is 0.540. The molecule has 0 saturated carbocycles. The molecular formula is C14H14BrClINS. The van der Waals surface area contributed by atoms with Crippen LogP contribution in [0.3, 0.4) is 0 Å². The molecule has 0 saturated heterocycles. The van der Waals surface area contributed by atoms with Crippen LogP contribution >= 0.6 is 61.5 Å². The minimum Gasteiger partial charge on any atom is -0.306 e. The van der Waals surface area contributed by atoms with E-state index < -0.39 is 0 Å². The SMILES string of the molecule is CCCNC(c1cccc(I)c1)c1cc(Cl)c(Br)s1. The van der Waals surface area contributed by atoms with Crippen molar-refractivity contribution in [3.63, 3.8) is 0 Å². The molecule has 5 heteroatoms. The second-order valence-corrected chi connectivity index (χ2v) is 8.27. The Hall–Kier alpha value is 0.380. The summed E-state index contributed by atoms with van der Waals surface area (Å²) in [6, 6.07) is 10.8. The molecule has 19 heavy (non-hydrogen) atoms. The number of hydrogen-bond acceptors (Lipinski definition) is 2. The van der Waals surface area contributed by atoms with Crippen molar-refractivity contribution >= 4 is 61.5 Å². The van der Waals surface area contributed by atoms with E-state index in [0.29, 0.717) is 0 Å². The molecule has 1 heterocycles. The van der Waals surface area contributed by atoms with E-state index in [4.69, 9.17) is 11.6 Å². The maximum Gasteiger partial charge on any atom is 0.0888 e. The highest BCUT2D eigenvalue weighted by atomic mass is 127. The second-order valence-electron chi connectivity index (χ2n) is 4.21. The number of hydrogen-bond donors (Lipinski definition) is 1. The lowest BCUT2D eigenvalue weighted by molar-refractivity contribution is 0.605. The molecule has 0 fully saturated rings. The van der Waals surface area contributed by atoms with E-state index in [2.05, 4.69) is 75.0 Å². The molecule has 1 nitrogen and oxygen atoms in total. The molecule has 1 aromatic carbocycles. The number of rotatable bonds is 5. The zero-order chi connectivity index (χ0) is 13.8. The van der Waals surface area contributed by atoms with Crippen molar-refractivity contribution < 1.29 is 0 Å². The van der Waals surface area contributed by atoms with E-state index in [1.54, 1.807) is 11.3 Å². The van der Waals surface area contributed by atoms with Crippen LogP contribution in [0.1, 0.15) is 29.8 Å². The molecule has 1 atom stereocenters. The van der Waals surface area contributed by atoms with Gasteiger partial charge in [0, 0.05) is 8.45 Å². The van der Waals surface area contributed by atoms with Gasteiger partial charge in [-0.15, -0.1) is 11.3 Å². The van der Waals surface area contributed by atoms with Crippen LogP contribution in [0.2, 0.25) is 5.02 Å². The van der Waals surface area contributed by atoms with E-state index in [1.165, 1.54) is 14.0 Å². The summed E-state index contributed by atoms with van der Waals surface area (Å²) in [5.74, 6) is 0. The molecular weight excluding hydrogens is 456 g/mol. The van der Waals surface area contributed by atoms with Crippen LogP contribution in [-0.4, -0.2) is 6.54 Å². The van der Waals surface area contributed by atoms with E-state index in [0.717, 1.165) is 21.8 Å². The van der Waals surface area contributed by atoms with E-state index >= 15 is 0 Å². The molecule has 102 valence electrons. The molecule has 1 aromatic heterocycles. The summed E-state index contributed by atoms with van der Waals surface area (Å²) in [7, 11) is 0. The van der Waals surface area contributed by atoms with Crippen molar-refractivity contribution in [3.05, 3.63) is 53.2 Å². The summed E-state index contributed by atoms with van der Waals surface area (Å²) in [6.45, 7) is 3.17. The molecule has 2 aromatic rings. The highest BCUT2D eigenvalue weighted by Crippen LogP contribution is 2.37. The van der Waals surface area contributed by atoms with Crippen molar-refractivity contribution in [1.29, 1.82) is 0 Å². The minimum atomic E-state index is 0.212. The standard InChI is InChI=1S/C14H14BrClINS/c1-2-6-18-13(9-4-3-5-10(17)7-9)12-8-11(16)14(15)19-12/h3-5,7-8,13,18H,2,6H2,1H3. The van der Waals surface area contributed by atoms with Crippen LogP contribution in [0.25, 0.3) is 0 Å². The first-order valence-corrected chi connectivity index (χ1v) is 9.12. The fourth-order valence-corrected chi connectivity index (χ4v) is 4.28. The third kappa shape index (κ3) is 4.17. The zero-order valence-corrected chi connectivity index (χ0v) is 15.7. The van der Waals surface area contributed by atoms with Crippen LogP contribution in [0.5, 0.6) is 0 Å². The van der Waals surface area contributed by atoms with Gasteiger partial charge in [0.1, 0.15) is 0 Å². The van der Waals surface area contributed by atoms with Crippen LogP contribution in [0.4, 0.5) is 0 Å². The van der Waals surface area contributed by atoms with Crippen molar-refractivity contribution in [2.24, 2.45) is 0 Å². The van der Waals surface area contributed by atoms with Crippen molar-refractivity contribution in [2.45, 2.75) is 19.4 Å². The Labute approximate surface area is 145 Å². The van der Waals surface area contributed by atoms with Gasteiger partial charge in [0.25, 0.3) is 0 Å². The van der Waals surface area contributed by atoms with Crippen LogP contribution in [-0.2, 0) is 0 Å². The van der Waals surface area contributed by atoms with Gasteiger partial charge in [-0.1, -0.05) is 30.7 Å². The van der Waals surface area contributed by atoms with Crippen molar-refractivity contribution in [2.75, 3.05) is 6.54 Å². The number of nitrogens with one attached hydrogen (secondary N) is 1.